The molecule has 6 heteroatoms. The molecule has 0 atom stereocenters. The van der Waals surface area contributed by atoms with Gasteiger partial charge in [-0.1, -0.05) is 60.1 Å². The number of nitrogens with zero attached hydrogens (tertiary/aromatic N) is 3. The molecule has 0 aliphatic heterocycles. The summed E-state index contributed by atoms with van der Waals surface area (Å²) in [7, 11) is 0. The van der Waals surface area contributed by atoms with Crippen molar-refractivity contribution < 1.29 is 4.79 Å². The highest BCUT2D eigenvalue weighted by molar-refractivity contribution is 6.30. The molecule has 0 bridgehead atoms. The zero-order chi connectivity index (χ0) is 24.4. The molecule has 0 saturated heterocycles. The van der Waals surface area contributed by atoms with Gasteiger partial charge in [-0.2, -0.15) is 5.10 Å². The normalized spacial score (nSPS) is 11.3. The maximum Gasteiger partial charge on any atom is 0.272 e. The first-order valence-electron chi connectivity index (χ1n) is 11.2. The van der Waals surface area contributed by atoms with E-state index in [2.05, 4.69) is 15.1 Å². The van der Waals surface area contributed by atoms with Gasteiger partial charge in [0.15, 0.2) is 0 Å². The Morgan fingerprint density at radius 1 is 0.943 bits per heavy atom. The fraction of sp³-hybridized carbons (Fsp3) is 0.0690. The predicted molar refractivity (Wildman–Crippen MR) is 142 cm³/mol. The predicted octanol–water partition coefficient (Wildman–Crippen LogP) is 6.73. The number of fused-ring (bicyclic) bond motifs is 1. The molecule has 172 valence electrons. The van der Waals surface area contributed by atoms with Crippen LogP contribution in [0.4, 0.5) is 0 Å². The maximum absolute atomic E-state index is 13.2. The Balaban J connectivity index is 1.43. The summed E-state index contributed by atoms with van der Waals surface area (Å²) in [5.74, 6) is -0.288. The minimum Gasteiger partial charge on any atom is -0.318 e. The molecular formula is C29H23ClN4O. The molecule has 3 aromatic carbocycles. The maximum atomic E-state index is 13.2. The zero-order valence-corrected chi connectivity index (χ0v) is 20.1. The van der Waals surface area contributed by atoms with Crippen molar-refractivity contribution in [3.63, 3.8) is 0 Å². The summed E-state index contributed by atoms with van der Waals surface area (Å²) >= 11 is 6.04. The number of aryl methyl sites for hydroxylation is 1. The van der Waals surface area contributed by atoms with Crippen LogP contribution in [0.3, 0.4) is 0 Å². The van der Waals surface area contributed by atoms with Crippen LogP contribution in [0.5, 0.6) is 0 Å². The molecule has 2 aromatic heterocycles. The molecule has 0 aliphatic rings. The summed E-state index contributed by atoms with van der Waals surface area (Å²) in [5, 5.41) is 5.74. The van der Waals surface area contributed by atoms with Gasteiger partial charge in [-0.3, -0.25) is 4.79 Å². The second kappa shape index (κ2) is 9.57. The third-order valence-electron chi connectivity index (χ3n) is 5.96. The molecular weight excluding hydrogens is 456 g/mol. The van der Waals surface area contributed by atoms with Gasteiger partial charge in [-0.15, -0.1) is 0 Å². The van der Waals surface area contributed by atoms with Crippen molar-refractivity contribution in [2.45, 2.75) is 13.8 Å². The lowest BCUT2D eigenvalue weighted by Gasteiger charge is -2.09. The molecule has 0 fully saturated rings. The second-order valence-corrected chi connectivity index (χ2v) is 8.71. The standard InChI is InChI=1S/C29H23ClN4O/c1-19-16-22(20(2)34(19)24-14-12-23(30)13-15-24)18-31-33-29(35)26-17-28(21-8-4-3-5-9-21)32-27-11-7-6-10-25(26)27/h3-18H,1-2H3,(H,33,35)/b31-18-. The minimum atomic E-state index is -0.288. The number of nitrogens with one attached hydrogen (secondary N) is 1. The number of carbonyl (C=O) groups excluding carboxylic acids is 1. The van der Waals surface area contributed by atoms with Gasteiger partial charge in [-0.05, 0) is 56.3 Å². The van der Waals surface area contributed by atoms with E-state index < -0.39 is 0 Å². The fourth-order valence-electron chi connectivity index (χ4n) is 4.25. The molecule has 5 rings (SSSR count). The Kier molecular flexibility index (Phi) is 6.17. The van der Waals surface area contributed by atoms with Crippen LogP contribution in [0, 0.1) is 13.8 Å². The number of benzene rings is 3. The SMILES string of the molecule is Cc1cc(/C=N\NC(=O)c2cc(-c3ccccc3)nc3ccccc23)c(C)n1-c1ccc(Cl)cc1. The van der Waals surface area contributed by atoms with Crippen LogP contribution >= 0.6 is 11.6 Å². The molecule has 0 radical (unpaired) electrons. The summed E-state index contributed by atoms with van der Waals surface area (Å²) in [6.07, 6.45) is 1.67. The number of aromatic nitrogens is 2. The Hall–Kier alpha value is -4.22. The largest absolute Gasteiger partial charge is 0.318 e. The fourth-order valence-corrected chi connectivity index (χ4v) is 4.37. The highest BCUT2D eigenvalue weighted by Crippen LogP contribution is 2.25. The summed E-state index contributed by atoms with van der Waals surface area (Å²) in [6, 6.07) is 29.0. The van der Waals surface area contributed by atoms with Crippen molar-refractivity contribution in [2.24, 2.45) is 5.10 Å². The van der Waals surface area contributed by atoms with Crippen LogP contribution in [-0.2, 0) is 0 Å². The van der Waals surface area contributed by atoms with Crippen LogP contribution in [0.2, 0.25) is 5.02 Å². The lowest BCUT2D eigenvalue weighted by Crippen LogP contribution is -2.18. The topological polar surface area (TPSA) is 59.3 Å². The number of halogens is 1. The summed E-state index contributed by atoms with van der Waals surface area (Å²) in [5.41, 5.74) is 9.69. The highest BCUT2D eigenvalue weighted by Gasteiger charge is 2.14. The molecule has 5 nitrogen and oxygen atoms in total. The molecule has 35 heavy (non-hydrogen) atoms. The summed E-state index contributed by atoms with van der Waals surface area (Å²) < 4.78 is 2.13. The van der Waals surface area contributed by atoms with E-state index in [9.17, 15) is 4.79 Å². The molecule has 0 saturated carbocycles. The number of para-hydroxylation sites is 1. The van der Waals surface area contributed by atoms with E-state index in [0.717, 1.165) is 44.8 Å². The zero-order valence-electron chi connectivity index (χ0n) is 19.4. The number of pyridine rings is 1. The van der Waals surface area contributed by atoms with E-state index in [1.54, 1.807) is 6.21 Å². The van der Waals surface area contributed by atoms with Crippen LogP contribution < -0.4 is 5.43 Å². The van der Waals surface area contributed by atoms with Gasteiger partial charge >= 0.3 is 0 Å². The average Bonchev–Trinajstić information content (AvgIpc) is 3.17. The van der Waals surface area contributed by atoms with E-state index >= 15 is 0 Å². The Bertz CT molecular complexity index is 1550. The quantitative estimate of drug-likeness (QED) is 0.225. The van der Waals surface area contributed by atoms with Crippen molar-refractivity contribution in [1.82, 2.24) is 15.0 Å². The third kappa shape index (κ3) is 4.59. The smallest absolute Gasteiger partial charge is 0.272 e. The van der Waals surface area contributed by atoms with Gasteiger partial charge in [0.2, 0.25) is 0 Å². The first kappa shape index (κ1) is 22.6. The van der Waals surface area contributed by atoms with Gasteiger partial charge < -0.3 is 4.57 Å². The number of amides is 1. The second-order valence-electron chi connectivity index (χ2n) is 8.28. The average molecular weight is 479 g/mol. The first-order valence-corrected chi connectivity index (χ1v) is 11.6. The summed E-state index contributed by atoms with van der Waals surface area (Å²) in [4.78, 5) is 17.9. The number of hydrogen-bond donors (Lipinski definition) is 1. The minimum absolute atomic E-state index is 0.288. The van der Waals surface area contributed by atoms with Gasteiger partial charge in [0, 0.05) is 38.6 Å². The Morgan fingerprint density at radius 3 is 2.43 bits per heavy atom. The first-order chi connectivity index (χ1) is 17.0. The van der Waals surface area contributed by atoms with E-state index in [1.165, 1.54) is 0 Å². The van der Waals surface area contributed by atoms with Crippen molar-refractivity contribution in [2.75, 3.05) is 0 Å². The molecule has 2 heterocycles. The van der Waals surface area contributed by atoms with E-state index in [-0.39, 0.29) is 5.91 Å². The van der Waals surface area contributed by atoms with E-state index in [0.29, 0.717) is 10.6 Å². The lowest BCUT2D eigenvalue weighted by atomic mass is 10.0. The van der Waals surface area contributed by atoms with Gasteiger partial charge in [0.25, 0.3) is 5.91 Å². The number of hydrazone groups is 1. The van der Waals surface area contributed by atoms with Crippen molar-refractivity contribution >= 4 is 34.6 Å². The highest BCUT2D eigenvalue weighted by atomic mass is 35.5. The van der Waals surface area contributed by atoms with E-state index in [4.69, 9.17) is 16.6 Å². The molecule has 5 aromatic rings. The Morgan fingerprint density at radius 2 is 1.66 bits per heavy atom. The monoisotopic (exact) mass is 478 g/mol. The van der Waals surface area contributed by atoms with Crippen molar-refractivity contribution in [1.29, 1.82) is 0 Å². The van der Waals surface area contributed by atoms with Crippen molar-refractivity contribution in [3.8, 4) is 16.9 Å². The lowest BCUT2D eigenvalue weighted by molar-refractivity contribution is 0.0956. The Labute approximate surface area is 208 Å². The van der Waals surface area contributed by atoms with Crippen LogP contribution in [0.25, 0.3) is 27.8 Å². The van der Waals surface area contributed by atoms with Crippen LogP contribution in [0.1, 0.15) is 27.3 Å². The van der Waals surface area contributed by atoms with Crippen LogP contribution in [0.15, 0.2) is 96.1 Å². The molecule has 1 amide bonds. The number of rotatable bonds is 5. The van der Waals surface area contributed by atoms with Crippen molar-refractivity contribution in [3.05, 3.63) is 119 Å². The molecule has 0 aliphatic carbocycles. The number of hydrogen-bond acceptors (Lipinski definition) is 3. The molecule has 0 unspecified atom stereocenters. The van der Waals surface area contributed by atoms with Crippen LogP contribution in [-0.4, -0.2) is 21.7 Å². The number of carbonyl (C=O) groups is 1. The molecule has 0 spiro atoms. The molecule has 1 N–H and O–H groups in total. The summed E-state index contributed by atoms with van der Waals surface area (Å²) in [6.45, 7) is 4.05. The van der Waals surface area contributed by atoms with Gasteiger partial charge in [0.1, 0.15) is 0 Å². The van der Waals surface area contributed by atoms with Gasteiger partial charge in [0.05, 0.1) is 23.0 Å². The third-order valence-corrected chi connectivity index (χ3v) is 6.21. The van der Waals surface area contributed by atoms with Gasteiger partial charge in [-0.25, -0.2) is 10.4 Å². The van der Waals surface area contributed by atoms with E-state index in [1.807, 2.05) is 105 Å².